The monoisotopic (exact) mass is 275 g/mol. The summed E-state index contributed by atoms with van der Waals surface area (Å²) in [6, 6.07) is 8.09. The smallest absolute Gasteiger partial charge is 0.326 e. The van der Waals surface area contributed by atoms with E-state index in [4.69, 9.17) is 11.5 Å². The van der Waals surface area contributed by atoms with E-state index in [2.05, 4.69) is 10.3 Å². The maximum Gasteiger partial charge on any atom is 0.326 e. The first-order chi connectivity index (χ1) is 9.39. The van der Waals surface area contributed by atoms with Gasteiger partial charge in [0.1, 0.15) is 0 Å². The molecule has 0 bridgehead atoms. The van der Waals surface area contributed by atoms with Gasteiger partial charge < -0.3 is 11.1 Å². The molecule has 2 rings (SSSR count). The number of benzene rings is 1. The summed E-state index contributed by atoms with van der Waals surface area (Å²) in [4.78, 5) is 14.1. The third-order valence-electron chi connectivity index (χ3n) is 3.15. The highest BCUT2D eigenvalue weighted by atomic mass is 16.6. The molecule has 7 nitrogen and oxygen atoms in total. The fourth-order valence-electron chi connectivity index (χ4n) is 1.94. The number of hydrogen-bond donors (Lipinski definition) is 3. The van der Waals surface area contributed by atoms with Gasteiger partial charge in [0.05, 0.1) is 11.1 Å². The van der Waals surface area contributed by atoms with Crippen molar-refractivity contribution in [2.45, 2.75) is 25.6 Å². The van der Waals surface area contributed by atoms with Gasteiger partial charge >= 0.3 is 5.70 Å². The Labute approximate surface area is 116 Å². The van der Waals surface area contributed by atoms with E-state index in [1.165, 1.54) is 11.8 Å². The summed E-state index contributed by atoms with van der Waals surface area (Å²) in [6.07, 6.45) is 2.39. The minimum atomic E-state index is -1.10. The molecule has 1 atom stereocenters. The van der Waals surface area contributed by atoms with Crippen molar-refractivity contribution in [1.29, 1.82) is 0 Å². The molecule has 0 fully saturated rings. The van der Waals surface area contributed by atoms with E-state index in [9.17, 15) is 10.1 Å². The van der Waals surface area contributed by atoms with Gasteiger partial charge in [0.25, 0.3) is 0 Å². The third kappa shape index (κ3) is 3.12. The summed E-state index contributed by atoms with van der Waals surface area (Å²) in [5.74, 6) is -1.26. The van der Waals surface area contributed by atoms with E-state index in [1.54, 1.807) is 0 Å². The Morgan fingerprint density at radius 1 is 1.40 bits per heavy atom. The lowest BCUT2D eigenvalue weighted by Crippen LogP contribution is -2.54. The zero-order chi connectivity index (χ0) is 14.8. The van der Waals surface area contributed by atoms with E-state index >= 15 is 0 Å². The molecule has 0 amide bonds. The Morgan fingerprint density at radius 3 is 2.60 bits per heavy atom. The van der Waals surface area contributed by atoms with Crippen LogP contribution in [-0.4, -0.2) is 16.5 Å². The number of hydrogen-bond acceptors (Lipinski definition) is 6. The number of nitrogens with two attached hydrogens (primary N) is 2. The standard InChI is InChI=1S/C13H17N5O2/c1-9-2-4-10(5-3-9)6-7-13(15)16-8-11(18(19)20)12(14)17-13/h2-5,8,16H,6-7,15H2,1H3,(H2,14,17). The van der Waals surface area contributed by atoms with Gasteiger partial charge in [-0.05, 0) is 18.9 Å². The van der Waals surface area contributed by atoms with Crippen LogP contribution in [0.25, 0.3) is 0 Å². The van der Waals surface area contributed by atoms with Crippen LogP contribution in [0.3, 0.4) is 0 Å². The average Bonchev–Trinajstić information content (AvgIpc) is 2.37. The van der Waals surface area contributed by atoms with Gasteiger partial charge in [0, 0.05) is 6.42 Å². The maximum absolute atomic E-state index is 10.7. The fraction of sp³-hybridized carbons (Fsp3) is 0.308. The van der Waals surface area contributed by atoms with Crippen LogP contribution in [0.1, 0.15) is 17.5 Å². The molecule has 1 aliphatic heterocycles. The van der Waals surface area contributed by atoms with E-state index in [1.807, 2.05) is 31.2 Å². The zero-order valence-corrected chi connectivity index (χ0v) is 11.2. The first-order valence-electron chi connectivity index (χ1n) is 6.22. The number of amidine groups is 1. The zero-order valence-electron chi connectivity index (χ0n) is 11.2. The van der Waals surface area contributed by atoms with E-state index in [0.29, 0.717) is 12.8 Å². The summed E-state index contributed by atoms with van der Waals surface area (Å²) in [7, 11) is 0. The SMILES string of the molecule is Cc1ccc(CCC2(N)N=C(N)C([N+](=O)[O-])=CN2)cc1. The Kier molecular flexibility index (Phi) is 3.71. The molecular formula is C13H17N5O2. The Bertz CT molecular complexity index is 579. The molecule has 1 aliphatic rings. The Morgan fingerprint density at radius 2 is 2.05 bits per heavy atom. The molecule has 20 heavy (non-hydrogen) atoms. The maximum atomic E-state index is 10.7. The van der Waals surface area contributed by atoms with Gasteiger partial charge in [-0.15, -0.1) is 0 Å². The molecule has 1 aromatic rings. The highest BCUT2D eigenvalue weighted by Crippen LogP contribution is 2.16. The second kappa shape index (κ2) is 5.30. The van der Waals surface area contributed by atoms with Crippen LogP contribution in [-0.2, 0) is 6.42 Å². The molecule has 1 unspecified atom stereocenters. The lowest BCUT2D eigenvalue weighted by Gasteiger charge is -2.28. The summed E-state index contributed by atoms with van der Waals surface area (Å²) < 4.78 is 0. The summed E-state index contributed by atoms with van der Waals surface area (Å²) >= 11 is 0. The number of aliphatic imine (C=N–C) groups is 1. The summed E-state index contributed by atoms with van der Waals surface area (Å²) in [5.41, 5.74) is 13.7. The quantitative estimate of drug-likeness (QED) is 0.549. The normalized spacial score (nSPS) is 21.7. The van der Waals surface area contributed by atoms with Crippen LogP contribution in [0.4, 0.5) is 0 Å². The Hall–Kier alpha value is -2.41. The van der Waals surface area contributed by atoms with Crippen LogP contribution < -0.4 is 16.8 Å². The van der Waals surface area contributed by atoms with Crippen molar-refractivity contribution in [3.8, 4) is 0 Å². The highest BCUT2D eigenvalue weighted by Gasteiger charge is 2.31. The molecule has 106 valence electrons. The lowest BCUT2D eigenvalue weighted by atomic mass is 10.0. The van der Waals surface area contributed by atoms with Crippen molar-refractivity contribution in [1.82, 2.24) is 5.32 Å². The molecule has 0 spiro atoms. The van der Waals surface area contributed by atoms with Crippen LogP contribution in [0.5, 0.6) is 0 Å². The van der Waals surface area contributed by atoms with Gasteiger partial charge in [-0.1, -0.05) is 29.8 Å². The number of rotatable bonds is 4. The van der Waals surface area contributed by atoms with Crippen LogP contribution >= 0.6 is 0 Å². The third-order valence-corrected chi connectivity index (χ3v) is 3.15. The summed E-state index contributed by atoms with van der Waals surface area (Å²) in [6.45, 7) is 2.02. The number of aryl methyl sites for hydroxylation is 2. The first-order valence-corrected chi connectivity index (χ1v) is 6.22. The van der Waals surface area contributed by atoms with Crippen molar-refractivity contribution < 1.29 is 4.92 Å². The molecule has 0 aliphatic carbocycles. The van der Waals surface area contributed by atoms with Crippen LogP contribution in [0.15, 0.2) is 41.2 Å². The van der Waals surface area contributed by atoms with Gasteiger partial charge in [-0.2, -0.15) is 0 Å². The lowest BCUT2D eigenvalue weighted by molar-refractivity contribution is -0.416. The van der Waals surface area contributed by atoms with Gasteiger partial charge in [0.15, 0.2) is 5.79 Å². The highest BCUT2D eigenvalue weighted by molar-refractivity contribution is 5.95. The van der Waals surface area contributed by atoms with Crippen molar-refractivity contribution in [3.05, 3.63) is 57.4 Å². The van der Waals surface area contributed by atoms with Crippen LogP contribution in [0, 0.1) is 17.0 Å². The van der Waals surface area contributed by atoms with Gasteiger partial charge in [0.2, 0.25) is 5.84 Å². The number of nitrogens with one attached hydrogen (secondary N) is 1. The van der Waals surface area contributed by atoms with Gasteiger partial charge in [-0.25, -0.2) is 4.99 Å². The van der Waals surface area contributed by atoms with Crippen molar-refractivity contribution in [2.75, 3.05) is 0 Å². The topological polar surface area (TPSA) is 120 Å². The molecule has 0 saturated carbocycles. The molecule has 0 aromatic heterocycles. The number of nitrogens with zero attached hydrogens (tertiary/aromatic N) is 2. The van der Waals surface area contributed by atoms with Crippen molar-refractivity contribution in [2.24, 2.45) is 16.5 Å². The average molecular weight is 275 g/mol. The predicted octanol–water partition coefficient (Wildman–Crippen LogP) is 0.619. The molecule has 1 heterocycles. The number of nitro groups is 1. The van der Waals surface area contributed by atoms with Crippen LogP contribution in [0.2, 0.25) is 0 Å². The largest absolute Gasteiger partial charge is 0.378 e. The van der Waals surface area contributed by atoms with Gasteiger partial charge in [-0.3, -0.25) is 15.8 Å². The van der Waals surface area contributed by atoms with E-state index in [-0.39, 0.29) is 11.5 Å². The molecule has 0 radical (unpaired) electrons. The molecule has 5 N–H and O–H groups in total. The van der Waals surface area contributed by atoms with E-state index < -0.39 is 10.7 Å². The first kappa shape index (κ1) is 14.0. The second-order valence-corrected chi connectivity index (χ2v) is 4.84. The fourth-order valence-corrected chi connectivity index (χ4v) is 1.94. The molecule has 7 heteroatoms. The molecule has 1 aromatic carbocycles. The minimum absolute atomic E-state index is 0.153. The molecule has 0 saturated heterocycles. The van der Waals surface area contributed by atoms with Crippen molar-refractivity contribution >= 4 is 5.84 Å². The van der Waals surface area contributed by atoms with E-state index in [0.717, 1.165) is 5.56 Å². The summed E-state index contributed by atoms with van der Waals surface area (Å²) in [5, 5.41) is 13.4. The molecular weight excluding hydrogens is 258 g/mol. The van der Waals surface area contributed by atoms with Crippen molar-refractivity contribution in [3.63, 3.8) is 0 Å². The minimum Gasteiger partial charge on any atom is -0.378 e. The predicted molar refractivity (Wildman–Crippen MR) is 76.3 cm³/mol. The Balaban J connectivity index is 2.03. The second-order valence-electron chi connectivity index (χ2n) is 4.84.